The van der Waals surface area contributed by atoms with Gasteiger partial charge in [-0.1, -0.05) is 0 Å². The Morgan fingerprint density at radius 1 is 1.25 bits per heavy atom. The molecule has 1 amide bonds. The number of carboxylic acid groups (broad SMARTS) is 2. The number of rotatable bonds is 7. The Morgan fingerprint density at radius 3 is 2.19 bits per heavy atom. The zero-order valence-electron chi connectivity index (χ0n) is 9.19. The normalized spacial score (nSPS) is 13.9. The molecule has 0 bridgehead atoms. The second-order valence-corrected chi connectivity index (χ2v) is 3.34. The molecular formula is C9H16N2O5. The Balaban J connectivity index is 4.28. The Hall–Kier alpha value is -1.63. The predicted molar refractivity (Wildman–Crippen MR) is 55.0 cm³/mol. The van der Waals surface area contributed by atoms with Gasteiger partial charge in [-0.2, -0.15) is 0 Å². The van der Waals surface area contributed by atoms with E-state index in [1.807, 2.05) is 0 Å². The van der Waals surface area contributed by atoms with E-state index >= 15 is 0 Å². The molecule has 0 aliphatic heterocycles. The van der Waals surface area contributed by atoms with Crippen LogP contribution in [0.3, 0.4) is 0 Å². The maximum atomic E-state index is 11.3. The van der Waals surface area contributed by atoms with Crippen molar-refractivity contribution in [1.82, 2.24) is 10.6 Å². The second-order valence-electron chi connectivity index (χ2n) is 3.34. The smallest absolute Gasteiger partial charge is 0.326 e. The zero-order chi connectivity index (χ0) is 12.7. The molecule has 92 valence electrons. The summed E-state index contributed by atoms with van der Waals surface area (Å²) in [5.41, 5.74) is 0. The summed E-state index contributed by atoms with van der Waals surface area (Å²) >= 11 is 0. The average Bonchev–Trinajstić information content (AvgIpc) is 2.21. The van der Waals surface area contributed by atoms with Gasteiger partial charge in [0.25, 0.3) is 0 Å². The van der Waals surface area contributed by atoms with Gasteiger partial charge < -0.3 is 20.8 Å². The summed E-state index contributed by atoms with van der Waals surface area (Å²) in [7, 11) is 1.57. The maximum Gasteiger partial charge on any atom is 0.326 e. The lowest BCUT2D eigenvalue weighted by Gasteiger charge is -2.16. The van der Waals surface area contributed by atoms with Gasteiger partial charge in [-0.3, -0.25) is 9.59 Å². The first-order chi connectivity index (χ1) is 7.38. The highest BCUT2D eigenvalue weighted by atomic mass is 16.4. The van der Waals surface area contributed by atoms with Crippen LogP contribution in [-0.2, 0) is 14.4 Å². The summed E-state index contributed by atoms with van der Waals surface area (Å²) in [6.45, 7) is 1.57. The monoisotopic (exact) mass is 232 g/mol. The lowest BCUT2D eigenvalue weighted by atomic mass is 10.1. The lowest BCUT2D eigenvalue weighted by Crippen LogP contribution is -2.48. The number of hydrogen-bond donors (Lipinski definition) is 4. The predicted octanol–water partition coefficient (Wildman–Crippen LogP) is -0.971. The molecule has 0 aliphatic rings. The molecule has 2 unspecified atom stereocenters. The van der Waals surface area contributed by atoms with Crippen molar-refractivity contribution in [2.24, 2.45) is 0 Å². The van der Waals surface area contributed by atoms with E-state index in [0.29, 0.717) is 0 Å². The highest BCUT2D eigenvalue weighted by molar-refractivity contribution is 5.86. The van der Waals surface area contributed by atoms with Crippen LogP contribution in [0.15, 0.2) is 0 Å². The van der Waals surface area contributed by atoms with E-state index < -0.39 is 29.9 Å². The van der Waals surface area contributed by atoms with Crippen molar-refractivity contribution in [3.05, 3.63) is 0 Å². The van der Waals surface area contributed by atoms with Crippen molar-refractivity contribution in [1.29, 1.82) is 0 Å². The number of aliphatic carboxylic acids is 2. The van der Waals surface area contributed by atoms with E-state index in [2.05, 4.69) is 10.6 Å². The summed E-state index contributed by atoms with van der Waals surface area (Å²) in [5, 5.41) is 22.1. The first-order valence-electron chi connectivity index (χ1n) is 4.80. The zero-order valence-corrected chi connectivity index (χ0v) is 9.19. The van der Waals surface area contributed by atoms with Gasteiger partial charge in [0.2, 0.25) is 5.91 Å². The van der Waals surface area contributed by atoms with Gasteiger partial charge in [0.05, 0.1) is 6.04 Å². The van der Waals surface area contributed by atoms with Crippen molar-refractivity contribution in [2.75, 3.05) is 7.05 Å². The van der Waals surface area contributed by atoms with E-state index in [1.165, 1.54) is 0 Å². The van der Waals surface area contributed by atoms with E-state index in [9.17, 15) is 14.4 Å². The number of carboxylic acids is 2. The van der Waals surface area contributed by atoms with Gasteiger partial charge in [-0.05, 0) is 20.4 Å². The quantitative estimate of drug-likeness (QED) is 0.449. The Morgan fingerprint density at radius 2 is 1.81 bits per heavy atom. The van der Waals surface area contributed by atoms with Crippen molar-refractivity contribution in [3.8, 4) is 0 Å². The molecule has 7 nitrogen and oxygen atoms in total. The Bertz CT molecular complexity index is 279. The fourth-order valence-electron chi connectivity index (χ4n) is 0.953. The number of carbonyl (C=O) groups is 3. The molecule has 0 aromatic heterocycles. The number of carbonyl (C=O) groups excluding carboxylic acids is 1. The van der Waals surface area contributed by atoms with Gasteiger partial charge in [0.15, 0.2) is 0 Å². The van der Waals surface area contributed by atoms with Crippen molar-refractivity contribution >= 4 is 17.8 Å². The third kappa shape index (κ3) is 5.30. The lowest BCUT2D eigenvalue weighted by molar-refractivity contribution is -0.143. The van der Waals surface area contributed by atoms with Crippen molar-refractivity contribution < 1.29 is 24.6 Å². The first kappa shape index (κ1) is 14.4. The molecule has 4 N–H and O–H groups in total. The second kappa shape index (κ2) is 6.78. The highest BCUT2D eigenvalue weighted by Gasteiger charge is 2.22. The van der Waals surface area contributed by atoms with Crippen LogP contribution in [0.1, 0.15) is 19.8 Å². The first-order valence-corrected chi connectivity index (χ1v) is 4.80. The van der Waals surface area contributed by atoms with Crippen LogP contribution in [-0.4, -0.2) is 47.2 Å². The van der Waals surface area contributed by atoms with Crippen LogP contribution in [0, 0.1) is 0 Å². The summed E-state index contributed by atoms with van der Waals surface area (Å²) in [6.07, 6.45) is -0.433. The third-order valence-electron chi connectivity index (χ3n) is 2.09. The number of hydrogen-bond acceptors (Lipinski definition) is 4. The molecule has 0 saturated heterocycles. The van der Waals surface area contributed by atoms with Crippen LogP contribution >= 0.6 is 0 Å². The summed E-state index contributed by atoms with van der Waals surface area (Å²) in [5.74, 6) is -2.81. The molecular weight excluding hydrogens is 216 g/mol. The molecule has 2 atom stereocenters. The highest BCUT2D eigenvalue weighted by Crippen LogP contribution is 1.98. The minimum absolute atomic E-state index is 0.132. The summed E-state index contributed by atoms with van der Waals surface area (Å²) in [6, 6.07) is -1.69. The van der Waals surface area contributed by atoms with Crippen LogP contribution in [0.5, 0.6) is 0 Å². The van der Waals surface area contributed by atoms with Crippen molar-refractivity contribution in [2.45, 2.75) is 31.8 Å². The minimum Gasteiger partial charge on any atom is -0.481 e. The molecule has 0 spiro atoms. The molecule has 7 heteroatoms. The molecule has 0 fully saturated rings. The topological polar surface area (TPSA) is 116 Å². The fourth-order valence-corrected chi connectivity index (χ4v) is 0.953. The van der Waals surface area contributed by atoms with E-state index in [4.69, 9.17) is 10.2 Å². The SMILES string of the molecule is CNC(C)C(=O)NC(CCC(=O)O)C(=O)O. The van der Waals surface area contributed by atoms with Crippen LogP contribution in [0.2, 0.25) is 0 Å². The van der Waals surface area contributed by atoms with Crippen LogP contribution < -0.4 is 10.6 Å². The number of nitrogens with one attached hydrogen (secondary N) is 2. The fraction of sp³-hybridized carbons (Fsp3) is 0.667. The Labute approximate surface area is 92.8 Å². The van der Waals surface area contributed by atoms with Crippen LogP contribution in [0.25, 0.3) is 0 Å². The van der Waals surface area contributed by atoms with Crippen molar-refractivity contribution in [3.63, 3.8) is 0 Å². The molecule has 0 aromatic carbocycles. The van der Waals surface area contributed by atoms with Gasteiger partial charge >= 0.3 is 11.9 Å². The van der Waals surface area contributed by atoms with Gasteiger partial charge in [0, 0.05) is 6.42 Å². The number of amides is 1. The molecule has 0 aromatic rings. The van der Waals surface area contributed by atoms with E-state index in [0.717, 1.165) is 0 Å². The summed E-state index contributed by atoms with van der Waals surface area (Å²) in [4.78, 5) is 32.4. The minimum atomic E-state index is -1.24. The van der Waals surface area contributed by atoms with Crippen LogP contribution in [0.4, 0.5) is 0 Å². The summed E-state index contributed by atoms with van der Waals surface area (Å²) < 4.78 is 0. The Kier molecular flexibility index (Phi) is 6.09. The molecule has 0 rings (SSSR count). The maximum absolute atomic E-state index is 11.3. The van der Waals surface area contributed by atoms with Gasteiger partial charge in [0.1, 0.15) is 6.04 Å². The third-order valence-corrected chi connectivity index (χ3v) is 2.09. The van der Waals surface area contributed by atoms with Gasteiger partial charge in [-0.25, -0.2) is 4.79 Å². The molecule has 0 saturated carbocycles. The molecule has 0 radical (unpaired) electrons. The van der Waals surface area contributed by atoms with E-state index in [1.54, 1.807) is 14.0 Å². The largest absolute Gasteiger partial charge is 0.481 e. The standard InChI is InChI=1S/C9H16N2O5/c1-5(10-2)8(14)11-6(9(15)16)3-4-7(12)13/h5-6,10H,3-4H2,1-2H3,(H,11,14)(H,12,13)(H,15,16). The number of likely N-dealkylation sites (N-methyl/N-ethyl adjacent to an activating group) is 1. The molecule has 0 aliphatic carbocycles. The molecule has 16 heavy (non-hydrogen) atoms. The average molecular weight is 232 g/mol. The van der Waals surface area contributed by atoms with E-state index in [-0.39, 0.29) is 12.8 Å². The van der Waals surface area contributed by atoms with Gasteiger partial charge in [-0.15, -0.1) is 0 Å². The molecule has 0 heterocycles.